The average molecular weight is 290 g/mol. The molecule has 2 aromatic heterocycles. The van der Waals surface area contributed by atoms with Gasteiger partial charge in [-0.15, -0.1) is 0 Å². The zero-order chi connectivity index (χ0) is 14.5. The van der Waals surface area contributed by atoms with Gasteiger partial charge in [0.1, 0.15) is 5.15 Å². The van der Waals surface area contributed by atoms with E-state index in [9.17, 15) is 4.79 Å². The van der Waals surface area contributed by atoms with Crippen molar-refractivity contribution in [1.82, 2.24) is 9.97 Å². The van der Waals surface area contributed by atoms with Crippen molar-refractivity contribution in [3.05, 3.63) is 53.1 Å². The number of anilines is 1. The van der Waals surface area contributed by atoms with E-state index in [2.05, 4.69) is 16.9 Å². The van der Waals surface area contributed by atoms with Gasteiger partial charge in [-0.2, -0.15) is 0 Å². The number of rotatable bonds is 4. The number of pyridine rings is 2. The van der Waals surface area contributed by atoms with Crippen molar-refractivity contribution >= 4 is 23.2 Å². The molecule has 104 valence electrons. The fourth-order valence-corrected chi connectivity index (χ4v) is 2.16. The highest BCUT2D eigenvalue weighted by molar-refractivity contribution is 6.29. The van der Waals surface area contributed by atoms with Crippen molar-refractivity contribution in [2.24, 2.45) is 0 Å². The van der Waals surface area contributed by atoms with Gasteiger partial charge in [0.05, 0.1) is 0 Å². The second-order valence-electron chi connectivity index (χ2n) is 4.49. The molecule has 0 bridgehead atoms. The zero-order valence-corrected chi connectivity index (χ0v) is 12.3. The first kappa shape index (κ1) is 14.5. The van der Waals surface area contributed by atoms with Crippen LogP contribution in [-0.2, 0) is 6.42 Å². The number of aromatic nitrogens is 2. The number of aryl methyl sites for hydroxylation is 1. The van der Waals surface area contributed by atoms with Crippen LogP contribution in [0.3, 0.4) is 0 Å². The molecule has 0 aliphatic heterocycles. The van der Waals surface area contributed by atoms with Crippen LogP contribution >= 0.6 is 11.6 Å². The summed E-state index contributed by atoms with van der Waals surface area (Å²) in [5.41, 5.74) is 2.18. The highest BCUT2D eigenvalue weighted by Crippen LogP contribution is 2.17. The largest absolute Gasteiger partial charge is 0.311 e. The molecule has 2 rings (SSSR count). The third-order valence-electron chi connectivity index (χ3n) is 2.95. The Hall–Kier alpha value is -1.94. The molecule has 0 atom stereocenters. The van der Waals surface area contributed by atoms with Crippen molar-refractivity contribution in [3.8, 4) is 0 Å². The number of carbonyl (C=O) groups is 1. The fraction of sp³-hybridized carbons (Fsp3) is 0.267. The maximum atomic E-state index is 12.5. The molecule has 0 saturated heterocycles. The molecule has 0 spiro atoms. The van der Waals surface area contributed by atoms with Crippen LogP contribution in [0, 0.1) is 0 Å². The number of halogens is 1. The van der Waals surface area contributed by atoms with Crippen molar-refractivity contribution in [2.45, 2.75) is 19.8 Å². The summed E-state index contributed by atoms with van der Waals surface area (Å²) in [5, 5.41) is 0.349. The van der Waals surface area contributed by atoms with E-state index in [0.717, 1.165) is 24.2 Å². The number of hydrogen-bond donors (Lipinski definition) is 0. The van der Waals surface area contributed by atoms with E-state index < -0.39 is 0 Å². The molecule has 1 amide bonds. The minimum absolute atomic E-state index is 0.113. The molecule has 0 N–H and O–H groups in total. The molecule has 5 heteroatoms. The number of carbonyl (C=O) groups excluding carboxylic acids is 1. The molecular formula is C15H16ClN3O. The SMILES string of the molecule is CCCc1cc(C(=O)N(C)c2ccncc2)cc(Cl)n1. The van der Waals surface area contributed by atoms with Crippen molar-refractivity contribution in [1.29, 1.82) is 0 Å². The summed E-state index contributed by atoms with van der Waals surface area (Å²) in [4.78, 5) is 22.2. The highest BCUT2D eigenvalue weighted by Gasteiger charge is 2.15. The van der Waals surface area contributed by atoms with Crippen LogP contribution in [-0.4, -0.2) is 22.9 Å². The predicted octanol–water partition coefficient (Wildman–Crippen LogP) is 3.36. The van der Waals surface area contributed by atoms with Crippen LogP contribution < -0.4 is 4.90 Å². The second kappa shape index (κ2) is 6.48. The summed E-state index contributed by atoms with van der Waals surface area (Å²) in [5.74, 6) is -0.113. The van der Waals surface area contributed by atoms with E-state index >= 15 is 0 Å². The Bertz CT molecular complexity index is 601. The van der Waals surface area contributed by atoms with Gasteiger partial charge in [-0.25, -0.2) is 4.98 Å². The molecule has 2 heterocycles. The van der Waals surface area contributed by atoms with Gasteiger partial charge in [0.25, 0.3) is 5.91 Å². The molecule has 0 aromatic carbocycles. The van der Waals surface area contributed by atoms with Crippen LogP contribution in [0.2, 0.25) is 5.15 Å². The monoisotopic (exact) mass is 289 g/mol. The summed E-state index contributed by atoms with van der Waals surface area (Å²) >= 11 is 5.99. The van der Waals surface area contributed by atoms with E-state index in [1.807, 2.05) is 0 Å². The van der Waals surface area contributed by atoms with Gasteiger partial charge in [0.15, 0.2) is 0 Å². The van der Waals surface area contributed by atoms with Crippen LogP contribution in [0.25, 0.3) is 0 Å². The number of hydrogen-bond acceptors (Lipinski definition) is 3. The van der Waals surface area contributed by atoms with Crippen LogP contribution in [0.1, 0.15) is 29.4 Å². The summed E-state index contributed by atoms with van der Waals surface area (Å²) in [6, 6.07) is 6.97. The molecule has 0 aliphatic carbocycles. The van der Waals surface area contributed by atoms with Gasteiger partial charge < -0.3 is 4.90 Å². The normalized spacial score (nSPS) is 10.3. The van der Waals surface area contributed by atoms with Crippen molar-refractivity contribution in [3.63, 3.8) is 0 Å². The maximum Gasteiger partial charge on any atom is 0.258 e. The third-order valence-corrected chi connectivity index (χ3v) is 3.15. The Morgan fingerprint density at radius 2 is 2.00 bits per heavy atom. The molecule has 0 aliphatic rings. The zero-order valence-electron chi connectivity index (χ0n) is 11.5. The van der Waals surface area contributed by atoms with Crippen molar-refractivity contribution in [2.75, 3.05) is 11.9 Å². The van der Waals surface area contributed by atoms with E-state index in [1.165, 1.54) is 0 Å². The van der Waals surface area contributed by atoms with Gasteiger partial charge in [0, 0.05) is 36.4 Å². The van der Waals surface area contributed by atoms with E-state index in [1.54, 1.807) is 48.6 Å². The number of nitrogens with zero attached hydrogens (tertiary/aromatic N) is 3. The lowest BCUT2D eigenvalue weighted by molar-refractivity contribution is 0.0993. The Morgan fingerprint density at radius 1 is 1.30 bits per heavy atom. The standard InChI is InChI=1S/C15H16ClN3O/c1-3-4-12-9-11(10-14(16)18-12)15(20)19(2)13-5-7-17-8-6-13/h5-10H,3-4H2,1-2H3. The quantitative estimate of drug-likeness (QED) is 0.811. The fourth-order valence-electron chi connectivity index (χ4n) is 1.94. The predicted molar refractivity (Wildman–Crippen MR) is 80.2 cm³/mol. The molecule has 0 fully saturated rings. The van der Waals surface area contributed by atoms with Gasteiger partial charge in [-0.3, -0.25) is 9.78 Å². The van der Waals surface area contributed by atoms with Crippen LogP contribution in [0.15, 0.2) is 36.7 Å². The Labute approximate surface area is 123 Å². The Balaban J connectivity index is 2.29. The highest BCUT2D eigenvalue weighted by atomic mass is 35.5. The summed E-state index contributed by atoms with van der Waals surface area (Å²) in [6.07, 6.45) is 5.07. The van der Waals surface area contributed by atoms with E-state index in [0.29, 0.717) is 10.7 Å². The van der Waals surface area contributed by atoms with Crippen molar-refractivity contribution < 1.29 is 4.79 Å². The van der Waals surface area contributed by atoms with Gasteiger partial charge in [-0.1, -0.05) is 24.9 Å². The molecule has 0 unspecified atom stereocenters. The van der Waals surface area contributed by atoms with E-state index in [-0.39, 0.29) is 5.91 Å². The minimum Gasteiger partial charge on any atom is -0.311 e. The smallest absolute Gasteiger partial charge is 0.258 e. The lowest BCUT2D eigenvalue weighted by Gasteiger charge is -2.17. The number of amides is 1. The average Bonchev–Trinajstić information content (AvgIpc) is 2.46. The topological polar surface area (TPSA) is 46.1 Å². The molecular weight excluding hydrogens is 274 g/mol. The molecule has 2 aromatic rings. The first-order valence-electron chi connectivity index (χ1n) is 6.46. The summed E-state index contributed by atoms with van der Waals surface area (Å²) in [7, 11) is 1.73. The first-order chi connectivity index (χ1) is 9.61. The molecule has 0 saturated carbocycles. The van der Waals surface area contributed by atoms with E-state index in [4.69, 9.17) is 11.6 Å². The van der Waals surface area contributed by atoms with Crippen LogP contribution in [0.4, 0.5) is 5.69 Å². The lowest BCUT2D eigenvalue weighted by atomic mass is 10.1. The Morgan fingerprint density at radius 3 is 2.65 bits per heavy atom. The maximum absolute atomic E-state index is 12.5. The molecule has 4 nitrogen and oxygen atoms in total. The molecule has 0 radical (unpaired) electrons. The lowest BCUT2D eigenvalue weighted by Crippen LogP contribution is -2.26. The second-order valence-corrected chi connectivity index (χ2v) is 4.88. The Kier molecular flexibility index (Phi) is 4.69. The third kappa shape index (κ3) is 3.33. The minimum atomic E-state index is -0.113. The van der Waals surface area contributed by atoms with Crippen LogP contribution in [0.5, 0.6) is 0 Å². The van der Waals surface area contributed by atoms with Gasteiger partial charge in [0.2, 0.25) is 0 Å². The van der Waals surface area contributed by atoms with Gasteiger partial charge in [-0.05, 0) is 30.7 Å². The molecule has 20 heavy (non-hydrogen) atoms. The summed E-state index contributed by atoms with van der Waals surface area (Å²) in [6.45, 7) is 2.06. The first-order valence-corrected chi connectivity index (χ1v) is 6.84. The van der Waals surface area contributed by atoms with Gasteiger partial charge >= 0.3 is 0 Å². The summed E-state index contributed by atoms with van der Waals surface area (Å²) < 4.78 is 0.